The zero-order chi connectivity index (χ0) is 15.2. The maximum absolute atomic E-state index is 12.0. The Hall–Kier alpha value is -0.920. The van der Waals surface area contributed by atoms with E-state index < -0.39 is 22.0 Å². The van der Waals surface area contributed by atoms with Gasteiger partial charge < -0.3 is 5.11 Å². The molecule has 1 rings (SSSR count). The molecule has 0 amide bonds. The quantitative estimate of drug-likeness (QED) is 0.743. The summed E-state index contributed by atoms with van der Waals surface area (Å²) in [5.41, 5.74) is 0.603. The highest BCUT2D eigenvalue weighted by atomic mass is 79.9. The fourth-order valence-electron chi connectivity index (χ4n) is 1.75. The van der Waals surface area contributed by atoms with Crippen LogP contribution in [-0.4, -0.2) is 25.5 Å². The Kier molecular flexibility index (Phi) is 6.64. The standard InChI is InChI=1S/C13H18BrNO4S/c1-2-3-7-12(13(16)17)15-20(18,19)9-10-5-4-6-11(14)8-10/h4-6,8,12,15H,2-3,7,9H2,1H3,(H,16,17). The Morgan fingerprint density at radius 3 is 2.70 bits per heavy atom. The van der Waals surface area contributed by atoms with Crippen molar-refractivity contribution in [1.29, 1.82) is 0 Å². The van der Waals surface area contributed by atoms with Crippen LogP contribution in [-0.2, 0) is 20.6 Å². The molecule has 20 heavy (non-hydrogen) atoms. The van der Waals surface area contributed by atoms with Crippen LogP contribution in [0.2, 0.25) is 0 Å². The van der Waals surface area contributed by atoms with E-state index in [2.05, 4.69) is 20.7 Å². The minimum absolute atomic E-state index is 0.234. The number of hydrogen-bond acceptors (Lipinski definition) is 3. The lowest BCUT2D eigenvalue weighted by molar-refractivity contribution is -0.139. The topological polar surface area (TPSA) is 83.5 Å². The Balaban J connectivity index is 2.75. The van der Waals surface area contributed by atoms with Crippen LogP contribution in [0.4, 0.5) is 0 Å². The van der Waals surface area contributed by atoms with E-state index >= 15 is 0 Å². The van der Waals surface area contributed by atoms with Crippen LogP contribution in [0.5, 0.6) is 0 Å². The van der Waals surface area contributed by atoms with E-state index in [0.717, 1.165) is 10.9 Å². The second-order valence-corrected chi connectivity index (χ2v) is 7.21. The number of unbranched alkanes of at least 4 members (excludes halogenated alkanes) is 1. The molecular formula is C13H18BrNO4S. The Morgan fingerprint density at radius 1 is 1.45 bits per heavy atom. The molecule has 7 heteroatoms. The summed E-state index contributed by atoms with van der Waals surface area (Å²) in [6.45, 7) is 1.93. The second kappa shape index (κ2) is 7.75. The van der Waals surface area contributed by atoms with Crippen LogP contribution in [0.1, 0.15) is 31.7 Å². The van der Waals surface area contributed by atoms with Crippen LogP contribution in [0.25, 0.3) is 0 Å². The number of rotatable bonds is 8. The molecule has 0 aliphatic carbocycles. The molecule has 0 heterocycles. The number of sulfonamides is 1. The number of carboxylic acids is 1. The summed E-state index contributed by atoms with van der Waals surface area (Å²) in [5, 5.41) is 9.04. The molecule has 0 aromatic heterocycles. The van der Waals surface area contributed by atoms with Crippen molar-refractivity contribution in [1.82, 2.24) is 4.72 Å². The molecule has 1 aromatic rings. The molecular weight excluding hydrogens is 346 g/mol. The molecule has 0 spiro atoms. The van der Waals surface area contributed by atoms with Gasteiger partial charge >= 0.3 is 5.97 Å². The largest absolute Gasteiger partial charge is 0.480 e. The molecule has 2 N–H and O–H groups in total. The first kappa shape index (κ1) is 17.1. The highest BCUT2D eigenvalue weighted by Crippen LogP contribution is 2.14. The summed E-state index contributed by atoms with van der Waals surface area (Å²) >= 11 is 3.27. The van der Waals surface area contributed by atoms with E-state index in [-0.39, 0.29) is 5.75 Å². The number of aliphatic carboxylic acids is 1. The van der Waals surface area contributed by atoms with Gasteiger partial charge in [0.2, 0.25) is 10.0 Å². The third-order valence-electron chi connectivity index (χ3n) is 2.71. The Labute approximate surface area is 127 Å². The molecule has 0 aliphatic rings. The van der Waals surface area contributed by atoms with Crippen LogP contribution in [0, 0.1) is 0 Å². The second-order valence-electron chi connectivity index (χ2n) is 4.54. The number of carbonyl (C=O) groups is 1. The summed E-state index contributed by atoms with van der Waals surface area (Å²) in [6, 6.07) is 5.85. The van der Waals surface area contributed by atoms with Crippen molar-refractivity contribution in [2.24, 2.45) is 0 Å². The zero-order valence-corrected chi connectivity index (χ0v) is 13.6. The van der Waals surface area contributed by atoms with Gasteiger partial charge in [-0.05, 0) is 24.1 Å². The molecule has 0 saturated heterocycles. The van der Waals surface area contributed by atoms with Gasteiger partial charge in [0.05, 0.1) is 5.75 Å². The first-order valence-corrected chi connectivity index (χ1v) is 8.76. The normalized spacial score (nSPS) is 13.1. The molecule has 1 aromatic carbocycles. The summed E-state index contributed by atoms with van der Waals surface area (Å²) in [5.74, 6) is -1.38. The van der Waals surface area contributed by atoms with E-state index in [9.17, 15) is 13.2 Å². The molecule has 0 radical (unpaired) electrons. The van der Waals surface area contributed by atoms with Crippen molar-refractivity contribution in [2.75, 3.05) is 0 Å². The number of hydrogen-bond donors (Lipinski definition) is 2. The molecule has 1 unspecified atom stereocenters. The van der Waals surface area contributed by atoms with Gasteiger partial charge in [-0.2, -0.15) is 0 Å². The highest BCUT2D eigenvalue weighted by molar-refractivity contribution is 9.10. The smallest absolute Gasteiger partial charge is 0.321 e. The first-order valence-electron chi connectivity index (χ1n) is 6.31. The van der Waals surface area contributed by atoms with Crippen molar-refractivity contribution < 1.29 is 18.3 Å². The van der Waals surface area contributed by atoms with E-state index in [4.69, 9.17) is 5.11 Å². The van der Waals surface area contributed by atoms with Crippen molar-refractivity contribution in [3.8, 4) is 0 Å². The average molecular weight is 364 g/mol. The third kappa shape index (κ3) is 6.02. The van der Waals surface area contributed by atoms with E-state index in [1.807, 2.05) is 6.92 Å². The molecule has 112 valence electrons. The monoisotopic (exact) mass is 363 g/mol. The average Bonchev–Trinajstić information content (AvgIpc) is 2.33. The highest BCUT2D eigenvalue weighted by Gasteiger charge is 2.23. The van der Waals surface area contributed by atoms with Gasteiger partial charge in [-0.1, -0.05) is 47.8 Å². The number of halogens is 1. The molecule has 0 aliphatic heterocycles. The molecule has 0 fully saturated rings. The van der Waals surface area contributed by atoms with Crippen molar-refractivity contribution in [3.63, 3.8) is 0 Å². The Bertz CT molecular complexity index is 559. The van der Waals surface area contributed by atoms with E-state index in [1.165, 1.54) is 0 Å². The first-order chi connectivity index (χ1) is 9.34. The third-order valence-corrected chi connectivity index (χ3v) is 4.56. The van der Waals surface area contributed by atoms with Crippen LogP contribution in [0.15, 0.2) is 28.7 Å². The number of carboxylic acid groups (broad SMARTS) is 1. The van der Waals surface area contributed by atoms with Gasteiger partial charge in [-0.3, -0.25) is 4.79 Å². The van der Waals surface area contributed by atoms with Gasteiger partial charge in [0.15, 0.2) is 0 Å². The zero-order valence-electron chi connectivity index (χ0n) is 11.2. The van der Waals surface area contributed by atoms with Gasteiger partial charge in [-0.25, -0.2) is 13.1 Å². The van der Waals surface area contributed by atoms with Crippen molar-refractivity contribution in [3.05, 3.63) is 34.3 Å². The molecule has 0 saturated carbocycles. The predicted molar refractivity (Wildman–Crippen MR) is 80.9 cm³/mol. The fraction of sp³-hybridized carbons (Fsp3) is 0.462. The van der Waals surface area contributed by atoms with Gasteiger partial charge in [0.1, 0.15) is 6.04 Å². The van der Waals surface area contributed by atoms with Crippen molar-refractivity contribution >= 4 is 31.9 Å². The van der Waals surface area contributed by atoms with Crippen LogP contribution >= 0.6 is 15.9 Å². The summed E-state index contributed by atoms with van der Waals surface area (Å²) < 4.78 is 27.0. The summed E-state index contributed by atoms with van der Waals surface area (Å²) in [4.78, 5) is 11.1. The minimum Gasteiger partial charge on any atom is -0.480 e. The lowest BCUT2D eigenvalue weighted by atomic mass is 10.1. The molecule has 5 nitrogen and oxygen atoms in total. The lowest BCUT2D eigenvalue weighted by Crippen LogP contribution is -2.41. The van der Waals surface area contributed by atoms with E-state index in [1.54, 1.807) is 24.3 Å². The Morgan fingerprint density at radius 2 is 2.15 bits per heavy atom. The van der Waals surface area contributed by atoms with Gasteiger partial charge in [-0.15, -0.1) is 0 Å². The number of benzene rings is 1. The lowest BCUT2D eigenvalue weighted by Gasteiger charge is -2.14. The van der Waals surface area contributed by atoms with Crippen molar-refractivity contribution in [2.45, 2.75) is 38.0 Å². The fourth-order valence-corrected chi connectivity index (χ4v) is 3.55. The maximum atomic E-state index is 12.0. The summed E-state index contributed by atoms with van der Waals surface area (Å²) in [7, 11) is -3.68. The van der Waals surface area contributed by atoms with E-state index in [0.29, 0.717) is 18.4 Å². The minimum atomic E-state index is -3.68. The van der Waals surface area contributed by atoms with Crippen LogP contribution in [0.3, 0.4) is 0 Å². The van der Waals surface area contributed by atoms with Crippen LogP contribution < -0.4 is 4.72 Å². The SMILES string of the molecule is CCCCC(NS(=O)(=O)Cc1cccc(Br)c1)C(=O)O. The molecule has 1 atom stereocenters. The maximum Gasteiger partial charge on any atom is 0.321 e. The summed E-state index contributed by atoms with van der Waals surface area (Å²) in [6.07, 6.45) is 1.77. The molecule has 0 bridgehead atoms. The van der Waals surface area contributed by atoms with Gasteiger partial charge in [0, 0.05) is 4.47 Å². The number of nitrogens with one attached hydrogen (secondary N) is 1. The predicted octanol–water partition coefficient (Wildman–Crippen LogP) is 2.51. The van der Waals surface area contributed by atoms with Gasteiger partial charge in [0.25, 0.3) is 0 Å².